The molecule has 0 radical (unpaired) electrons. The summed E-state index contributed by atoms with van der Waals surface area (Å²) in [6.07, 6.45) is 9.05. The standard InChI is InChI=1S/C24H31N3O2/c1-17-11-18(2)13-19(12-17)15-25-16-26-23-14-20(24(28)29)9-10-22(23)27-21-7-5-3-4-6-8-21/h9-14,16,21,27H,3-8,15H2,1-2H3,(H,25,26)(H,28,29). The zero-order valence-corrected chi connectivity index (χ0v) is 17.4. The molecular weight excluding hydrogens is 362 g/mol. The number of nitrogens with one attached hydrogen (secondary N) is 2. The van der Waals surface area contributed by atoms with Crippen LogP contribution in [-0.2, 0) is 6.54 Å². The fourth-order valence-corrected chi connectivity index (χ4v) is 3.99. The SMILES string of the molecule is Cc1cc(C)cc(CN=CNc2cc(C(=O)O)ccc2NC2CCCCCC2)c1. The van der Waals surface area contributed by atoms with Crippen LogP contribution in [-0.4, -0.2) is 23.5 Å². The number of carboxylic acid groups (broad SMARTS) is 1. The average Bonchev–Trinajstić information content (AvgIpc) is 2.94. The van der Waals surface area contributed by atoms with Gasteiger partial charge in [0, 0.05) is 6.04 Å². The molecule has 154 valence electrons. The quantitative estimate of drug-likeness (QED) is 0.317. The number of rotatable bonds is 7. The van der Waals surface area contributed by atoms with E-state index in [1.165, 1.54) is 36.8 Å². The van der Waals surface area contributed by atoms with Crippen molar-refractivity contribution in [1.82, 2.24) is 0 Å². The second-order valence-electron chi connectivity index (χ2n) is 8.01. The molecule has 1 fully saturated rings. The second kappa shape index (κ2) is 10.1. The van der Waals surface area contributed by atoms with Crippen LogP contribution in [0.2, 0.25) is 0 Å². The third-order valence-corrected chi connectivity index (χ3v) is 5.35. The lowest BCUT2D eigenvalue weighted by atomic mass is 10.1. The van der Waals surface area contributed by atoms with Gasteiger partial charge in [0.2, 0.25) is 0 Å². The number of anilines is 2. The summed E-state index contributed by atoms with van der Waals surface area (Å²) >= 11 is 0. The van der Waals surface area contributed by atoms with Gasteiger partial charge in [0.25, 0.3) is 0 Å². The molecule has 0 atom stereocenters. The number of aromatic carboxylic acids is 1. The summed E-state index contributed by atoms with van der Waals surface area (Å²) in [5.74, 6) is -0.929. The Bertz CT molecular complexity index is 848. The van der Waals surface area contributed by atoms with Crippen LogP contribution in [0.4, 0.5) is 11.4 Å². The van der Waals surface area contributed by atoms with Crippen LogP contribution in [0.3, 0.4) is 0 Å². The molecule has 1 saturated carbocycles. The van der Waals surface area contributed by atoms with E-state index in [1.807, 2.05) is 6.07 Å². The Morgan fingerprint density at radius 1 is 1.03 bits per heavy atom. The van der Waals surface area contributed by atoms with Gasteiger partial charge in [-0.15, -0.1) is 0 Å². The Kier molecular flexibility index (Phi) is 7.28. The number of hydrogen-bond donors (Lipinski definition) is 3. The lowest BCUT2D eigenvalue weighted by Crippen LogP contribution is -2.19. The van der Waals surface area contributed by atoms with Crippen molar-refractivity contribution in [1.29, 1.82) is 0 Å². The zero-order valence-electron chi connectivity index (χ0n) is 17.4. The fraction of sp³-hybridized carbons (Fsp3) is 0.417. The van der Waals surface area contributed by atoms with E-state index in [0.717, 1.165) is 29.8 Å². The molecule has 0 aliphatic heterocycles. The minimum Gasteiger partial charge on any atom is -0.478 e. The van der Waals surface area contributed by atoms with Gasteiger partial charge in [0.1, 0.15) is 0 Å². The summed E-state index contributed by atoms with van der Waals surface area (Å²) in [6.45, 7) is 4.75. The van der Waals surface area contributed by atoms with Crippen LogP contribution in [0.5, 0.6) is 0 Å². The molecule has 0 spiro atoms. The Labute approximate surface area is 173 Å². The van der Waals surface area contributed by atoms with Gasteiger partial charge in [-0.3, -0.25) is 4.99 Å². The van der Waals surface area contributed by atoms with Gasteiger partial charge in [-0.1, -0.05) is 55.0 Å². The molecular formula is C24H31N3O2. The molecule has 1 aliphatic rings. The van der Waals surface area contributed by atoms with Crippen LogP contribution < -0.4 is 10.6 Å². The van der Waals surface area contributed by atoms with Gasteiger partial charge >= 0.3 is 5.97 Å². The van der Waals surface area contributed by atoms with Crippen molar-refractivity contribution >= 4 is 23.7 Å². The summed E-state index contributed by atoms with van der Waals surface area (Å²) in [5, 5.41) is 16.2. The Morgan fingerprint density at radius 2 is 1.72 bits per heavy atom. The summed E-state index contributed by atoms with van der Waals surface area (Å²) in [5.41, 5.74) is 5.57. The van der Waals surface area contributed by atoms with E-state index in [0.29, 0.717) is 12.6 Å². The van der Waals surface area contributed by atoms with E-state index >= 15 is 0 Å². The molecule has 0 amide bonds. The van der Waals surface area contributed by atoms with E-state index in [9.17, 15) is 9.90 Å². The van der Waals surface area contributed by atoms with Gasteiger partial charge in [-0.2, -0.15) is 0 Å². The molecule has 0 bridgehead atoms. The number of aryl methyl sites for hydroxylation is 2. The molecule has 3 rings (SSSR count). The van der Waals surface area contributed by atoms with E-state index in [-0.39, 0.29) is 5.56 Å². The van der Waals surface area contributed by atoms with Gasteiger partial charge < -0.3 is 15.7 Å². The minimum atomic E-state index is -0.929. The van der Waals surface area contributed by atoms with Crippen molar-refractivity contribution in [2.75, 3.05) is 10.6 Å². The first-order valence-corrected chi connectivity index (χ1v) is 10.5. The highest BCUT2D eigenvalue weighted by atomic mass is 16.4. The maximum Gasteiger partial charge on any atom is 0.335 e. The molecule has 29 heavy (non-hydrogen) atoms. The van der Waals surface area contributed by atoms with Crippen LogP contribution >= 0.6 is 0 Å². The molecule has 2 aromatic rings. The second-order valence-corrected chi connectivity index (χ2v) is 8.01. The number of carbonyl (C=O) groups is 1. The Morgan fingerprint density at radius 3 is 2.38 bits per heavy atom. The zero-order chi connectivity index (χ0) is 20.6. The van der Waals surface area contributed by atoms with Crippen LogP contribution in [0.1, 0.15) is 65.6 Å². The normalized spacial score (nSPS) is 15.2. The molecule has 0 unspecified atom stereocenters. The molecule has 3 N–H and O–H groups in total. The predicted octanol–water partition coefficient (Wildman–Crippen LogP) is 5.78. The van der Waals surface area contributed by atoms with Gasteiger partial charge in [-0.25, -0.2) is 4.79 Å². The minimum absolute atomic E-state index is 0.265. The van der Waals surface area contributed by atoms with Gasteiger partial charge in [-0.05, 0) is 50.5 Å². The third kappa shape index (κ3) is 6.34. The van der Waals surface area contributed by atoms with Crippen LogP contribution in [0, 0.1) is 13.8 Å². The van der Waals surface area contributed by atoms with E-state index in [1.54, 1.807) is 18.5 Å². The number of benzene rings is 2. The monoisotopic (exact) mass is 393 g/mol. The van der Waals surface area contributed by atoms with E-state index in [4.69, 9.17) is 0 Å². The molecule has 0 aromatic heterocycles. The number of carboxylic acids is 1. The van der Waals surface area contributed by atoms with Crippen molar-refractivity contribution in [2.45, 2.75) is 65.0 Å². The highest BCUT2D eigenvalue weighted by Gasteiger charge is 2.15. The molecule has 5 nitrogen and oxygen atoms in total. The molecule has 0 heterocycles. The first-order valence-electron chi connectivity index (χ1n) is 10.5. The maximum absolute atomic E-state index is 11.4. The molecule has 0 saturated heterocycles. The highest BCUT2D eigenvalue weighted by molar-refractivity contribution is 5.93. The average molecular weight is 394 g/mol. The summed E-state index contributed by atoms with van der Waals surface area (Å²) in [7, 11) is 0. The third-order valence-electron chi connectivity index (χ3n) is 5.35. The largest absolute Gasteiger partial charge is 0.478 e. The van der Waals surface area contributed by atoms with Crippen LogP contribution in [0.25, 0.3) is 0 Å². The lowest BCUT2D eigenvalue weighted by Gasteiger charge is -2.20. The van der Waals surface area contributed by atoms with Crippen molar-refractivity contribution in [2.24, 2.45) is 4.99 Å². The Balaban J connectivity index is 1.71. The molecule has 2 aromatic carbocycles. The van der Waals surface area contributed by atoms with Crippen molar-refractivity contribution in [3.63, 3.8) is 0 Å². The molecule has 1 aliphatic carbocycles. The smallest absolute Gasteiger partial charge is 0.335 e. The number of nitrogens with zero attached hydrogens (tertiary/aromatic N) is 1. The van der Waals surface area contributed by atoms with Crippen molar-refractivity contribution < 1.29 is 9.90 Å². The topological polar surface area (TPSA) is 73.7 Å². The fourth-order valence-electron chi connectivity index (χ4n) is 3.99. The molecule has 5 heteroatoms. The highest BCUT2D eigenvalue weighted by Crippen LogP contribution is 2.27. The first-order chi connectivity index (χ1) is 14.0. The number of hydrogen-bond acceptors (Lipinski definition) is 3. The van der Waals surface area contributed by atoms with Crippen molar-refractivity contribution in [3.05, 3.63) is 58.7 Å². The van der Waals surface area contributed by atoms with E-state index in [2.05, 4.69) is 47.7 Å². The number of aliphatic imine (C=N–C) groups is 1. The van der Waals surface area contributed by atoms with E-state index < -0.39 is 5.97 Å². The summed E-state index contributed by atoms with van der Waals surface area (Å²) in [6, 6.07) is 12.0. The van der Waals surface area contributed by atoms with Crippen molar-refractivity contribution in [3.8, 4) is 0 Å². The lowest BCUT2D eigenvalue weighted by molar-refractivity contribution is 0.0697. The van der Waals surface area contributed by atoms with Crippen LogP contribution in [0.15, 0.2) is 41.4 Å². The van der Waals surface area contributed by atoms with Gasteiger partial charge in [0.15, 0.2) is 0 Å². The summed E-state index contributed by atoms with van der Waals surface area (Å²) < 4.78 is 0. The maximum atomic E-state index is 11.4. The predicted molar refractivity (Wildman–Crippen MR) is 120 cm³/mol. The van der Waals surface area contributed by atoms with Gasteiger partial charge in [0.05, 0.1) is 29.8 Å². The Hall–Kier alpha value is -2.82. The first kappa shape index (κ1) is 20.9. The summed E-state index contributed by atoms with van der Waals surface area (Å²) in [4.78, 5) is 15.9.